The molecule has 3 rings (SSSR count). The van der Waals surface area contributed by atoms with E-state index in [2.05, 4.69) is 4.99 Å². The van der Waals surface area contributed by atoms with Gasteiger partial charge in [0, 0.05) is 23.6 Å². The third-order valence-corrected chi connectivity index (χ3v) is 5.48. The minimum Gasteiger partial charge on any atom is -0.316 e. The second-order valence-electron chi connectivity index (χ2n) is 6.57. The number of nitro benzene ring substituents is 2. The maximum absolute atomic E-state index is 12.7. The number of non-ortho nitro benzene ring substituents is 2. The summed E-state index contributed by atoms with van der Waals surface area (Å²) in [4.78, 5) is 38.8. The minimum atomic E-state index is -0.777. The largest absolute Gasteiger partial charge is 0.316 e. The maximum atomic E-state index is 12.7. The van der Waals surface area contributed by atoms with Crippen LogP contribution in [0.4, 0.5) is 11.4 Å². The van der Waals surface area contributed by atoms with Crippen molar-refractivity contribution in [1.29, 1.82) is 0 Å². The monoisotopic (exact) mass is 426 g/mol. The van der Waals surface area contributed by atoms with Gasteiger partial charge in [0.1, 0.15) is 0 Å². The highest BCUT2D eigenvalue weighted by molar-refractivity contribution is 7.09. The number of rotatable bonds is 5. The number of thiazole rings is 1. The molecule has 2 aromatic carbocycles. The van der Waals surface area contributed by atoms with Crippen LogP contribution in [0.15, 0.2) is 47.5 Å². The van der Waals surface area contributed by atoms with Gasteiger partial charge in [0.25, 0.3) is 17.3 Å². The van der Waals surface area contributed by atoms with Crippen LogP contribution in [-0.2, 0) is 6.54 Å². The van der Waals surface area contributed by atoms with Crippen LogP contribution in [0.2, 0.25) is 0 Å². The van der Waals surface area contributed by atoms with Gasteiger partial charge in [-0.3, -0.25) is 25.0 Å². The van der Waals surface area contributed by atoms with Gasteiger partial charge >= 0.3 is 0 Å². The predicted molar refractivity (Wildman–Crippen MR) is 113 cm³/mol. The summed E-state index contributed by atoms with van der Waals surface area (Å²) in [6.07, 6.45) is 0. The van der Waals surface area contributed by atoms with Gasteiger partial charge < -0.3 is 4.57 Å². The molecule has 30 heavy (non-hydrogen) atoms. The summed E-state index contributed by atoms with van der Waals surface area (Å²) in [5, 5.41) is 22.2. The first-order valence-corrected chi connectivity index (χ1v) is 9.83. The second-order valence-corrected chi connectivity index (χ2v) is 7.75. The van der Waals surface area contributed by atoms with E-state index in [-0.39, 0.29) is 5.56 Å². The number of amides is 1. The molecule has 0 atom stereocenters. The molecule has 1 amide bonds. The Labute approximate surface area is 175 Å². The van der Waals surface area contributed by atoms with Crippen molar-refractivity contribution in [2.75, 3.05) is 0 Å². The molecule has 0 bridgehead atoms. The van der Waals surface area contributed by atoms with Crippen LogP contribution in [0.3, 0.4) is 0 Å². The number of nitrogens with zero attached hydrogens (tertiary/aromatic N) is 4. The molecule has 0 aliphatic rings. The molecular weight excluding hydrogens is 408 g/mol. The average molecular weight is 426 g/mol. The van der Waals surface area contributed by atoms with Gasteiger partial charge in [0.2, 0.25) is 0 Å². The Morgan fingerprint density at radius 1 is 1.03 bits per heavy atom. The number of aryl methyl sites for hydroxylation is 2. The van der Waals surface area contributed by atoms with Gasteiger partial charge in [0.15, 0.2) is 4.80 Å². The Morgan fingerprint density at radius 2 is 1.60 bits per heavy atom. The fraction of sp³-hybridized carbons (Fsp3) is 0.200. The van der Waals surface area contributed by atoms with E-state index in [1.807, 2.05) is 49.6 Å². The first-order valence-electron chi connectivity index (χ1n) is 9.01. The van der Waals surface area contributed by atoms with Crippen molar-refractivity contribution in [2.24, 2.45) is 4.99 Å². The summed E-state index contributed by atoms with van der Waals surface area (Å²) < 4.78 is 1.88. The van der Waals surface area contributed by atoms with Gasteiger partial charge in [-0.25, -0.2) is 0 Å². The number of carbonyl (C=O) groups excluding carboxylic acids is 1. The zero-order chi connectivity index (χ0) is 22.0. The first-order chi connectivity index (χ1) is 14.2. The molecule has 0 spiro atoms. The van der Waals surface area contributed by atoms with Crippen LogP contribution >= 0.6 is 11.3 Å². The van der Waals surface area contributed by atoms with Crippen molar-refractivity contribution >= 4 is 28.6 Å². The Morgan fingerprint density at radius 3 is 2.10 bits per heavy atom. The van der Waals surface area contributed by atoms with Crippen molar-refractivity contribution < 1.29 is 14.6 Å². The molecule has 1 heterocycles. The average Bonchev–Trinajstić information content (AvgIpc) is 3.02. The van der Waals surface area contributed by atoms with Crippen LogP contribution in [0.1, 0.15) is 27.7 Å². The summed E-state index contributed by atoms with van der Waals surface area (Å²) in [5.41, 5.74) is 1.77. The number of hydrogen-bond donors (Lipinski definition) is 0. The normalized spacial score (nSPS) is 11.5. The molecule has 0 unspecified atom stereocenters. The van der Waals surface area contributed by atoms with Crippen LogP contribution in [0.5, 0.6) is 0 Å². The van der Waals surface area contributed by atoms with Crippen molar-refractivity contribution in [1.82, 2.24) is 4.57 Å². The van der Waals surface area contributed by atoms with Crippen LogP contribution < -0.4 is 4.80 Å². The molecule has 0 saturated heterocycles. The Bertz CT molecular complexity index is 1190. The summed E-state index contributed by atoms with van der Waals surface area (Å²) in [6.45, 7) is 6.39. The van der Waals surface area contributed by atoms with Crippen molar-refractivity contribution in [3.8, 4) is 11.3 Å². The highest BCUT2D eigenvalue weighted by Gasteiger charge is 2.20. The van der Waals surface area contributed by atoms with E-state index < -0.39 is 27.1 Å². The Hall–Kier alpha value is -3.66. The van der Waals surface area contributed by atoms with E-state index in [0.717, 1.165) is 39.9 Å². The van der Waals surface area contributed by atoms with E-state index in [1.54, 1.807) is 0 Å². The molecular formula is C20H18N4O5S. The fourth-order valence-electron chi connectivity index (χ4n) is 3.05. The number of nitro groups is 2. The van der Waals surface area contributed by atoms with E-state index in [4.69, 9.17) is 0 Å². The quantitative estimate of drug-likeness (QED) is 0.442. The molecule has 0 fully saturated rings. The number of aromatic nitrogens is 1. The van der Waals surface area contributed by atoms with Crippen LogP contribution in [-0.4, -0.2) is 20.3 Å². The molecule has 3 aromatic rings. The van der Waals surface area contributed by atoms with E-state index in [1.165, 1.54) is 11.3 Å². The lowest BCUT2D eigenvalue weighted by atomic mass is 10.1. The van der Waals surface area contributed by atoms with Gasteiger partial charge in [-0.1, -0.05) is 29.8 Å². The zero-order valence-corrected chi connectivity index (χ0v) is 17.3. The molecule has 1 aromatic heterocycles. The highest BCUT2D eigenvalue weighted by atomic mass is 32.1. The Balaban J connectivity index is 2.13. The van der Waals surface area contributed by atoms with Crippen molar-refractivity contribution in [2.45, 2.75) is 27.3 Å². The van der Waals surface area contributed by atoms with Gasteiger partial charge in [0.05, 0.1) is 27.2 Å². The lowest BCUT2D eigenvalue weighted by Gasteiger charge is -2.08. The molecule has 0 aliphatic heterocycles. The Kier molecular flexibility index (Phi) is 5.88. The fourth-order valence-corrected chi connectivity index (χ4v) is 4.11. The summed E-state index contributed by atoms with van der Waals surface area (Å²) in [7, 11) is 0. The van der Waals surface area contributed by atoms with E-state index in [0.29, 0.717) is 11.3 Å². The number of hydrogen-bond acceptors (Lipinski definition) is 6. The van der Waals surface area contributed by atoms with E-state index in [9.17, 15) is 25.0 Å². The lowest BCUT2D eigenvalue weighted by molar-refractivity contribution is -0.394. The highest BCUT2D eigenvalue weighted by Crippen LogP contribution is 2.26. The molecule has 0 N–H and O–H groups in total. The standard InChI is InChI=1S/C20H18N4O5S/c1-4-22-18(14-7-5-12(2)6-8-14)13(3)30-20(22)21-19(25)15-9-16(23(26)27)11-17(10-15)24(28)29/h5-11H,4H2,1-3H3. The van der Waals surface area contributed by atoms with Crippen molar-refractivity contribution in [3.63, 3.8) is 0 Å². The summed E-state index contributed by atoms with van der Waals surface area (Å²) in [5.74, 6) is -0.777. The third kappa shape index (κ3) is 4.18. The van der Waals surface area contributed by atoms with Gasteiger partial charge in [-0.15, -0.1) is 11.3 Å². The van der Waals surface area contributed by atoms with Gasteiger partial charge in [-0.2, -0.15) is 4.99 Å². The van der Waals surface area contributed by atoms with Crippen molar-refractivity contribution in [3.05, 3.63) is 83.5 Å². The molecule has 0 saturated carbocycles. The molecule has 0 aliphatic carbocycles. The molecule has 154 valence electrons. The smallest absolute Gasteiger partial charge is 0.280 e. The second kappa shape index (κ2) is 8.37. The molecule has 0 radical (unpaired) electrons. The predicted octanol–water partition coefficient (Wildman–Crippen LogP) is 4.41. The van der Waals surface area contributed by atoms with E-state index >= 15 is 0 Å². The maximum Gasteiger partial charge on any atom is 0.280 e. The van der Waals surface area contributed by atoms with Crippen LogP contribution in [0, 0.1) is 34.1 Å². The summed E-state index contributed by atoms with van der Waals surface area (Å²) in [6, 6.07) is 10.8. The first kappa shape index (κ1) is 21.1. The molecule has 9 nitrogen and oxygen atoms in total. The topological polar surface area (TPSA) is 121 Å². The lowest BCUT2D eigenvalue weighted by Crippen LogP contribution is -2.17. The third-order valence-electron chi connectivity index (χ3n) is 4.49. The van der Waals surface area contributed by atoms with Gasteiger partial charge in [-0.05, 0) is 26.3 Å². The number of carbonyl (C=O) groups is 1. The summed E-state index contributed by atoms with van der Waals surface area (Å²) >= 11 is 1.32. The SMILES string of the molecule is CCn1c(-c2ccc(C)cc2)c(C)sc1=NC(=O)c1cc([N+](=O)[O-])cc([N+](=O)[O-])c1. The number of benzene rings is 2. The molecule has 10 heteroatoms. The van der Waals surface area contributed by atoms with Crippen LogP contribution in [0.25, 0.3) is 11.3 Å². The zero-order valence-electron chi connectivity index (χ0n) is 16.5. The minimum absolute atomic E-state index is 0.207.